The van der Waals surface area contributed by atoms with Crippen molar-refractivity contribution in [1.82, 2.24) is 14.4 Å². The number of β-amino-alcohol motifs (C(OH)–C–C–N with tert-alkyl or cyclic N) is 1. The summed E-state index contributed by atoms with van der Waals surface area (Å²) in [6.07, 6.45) is 3.99. The third-order valence-corrected chi connectivity index (χ3v) is 6.15. The number of aliphatic hydroxyl groups is 1. The van der Waals surface area contributed by atoms with E-state index in [-0.39, 0.29) is 0 Å². The molecule has 2 aromatic carbocycles. The summed E-state index contributed by atoms with van der Waals surface area (Å²) in [6, 6.07) is 18.8. The molecule has 1 aliphatic rings. The molecule has 2 heterocycles. The van der Waals surface area contributed by atoms with Gasteiger partial charge >= 0.3 is 0 Å². The topological polar surface area (TPSA) is 31.6 Å². The Bertz CT molecular complexity index is 968. The molecule has 1 fully saturated rings. The fourth-order valence-electron chi connectivity index (χ4n) is 4.36. The number of aromatic nitrogens is 1. The van der Waals surface area contributed by atoms with Crippen molar-refractivity contribution in [2.24, 2.45) is 7.05 Å². The van der Waals surface area contributed by atoms with Gasteiger partial charge in [-0.15, -0.1) is 0 Å². The number of fused-ring (bicyclic) bond motifs is 1. The van der Waals surface area contributed by atoms with Gasteiger partial charge in [-0.25, -0.2) is 0 Å². The van der Waals surface area contributed by atoms with E-state index in [0.717, 1.165) is 44.0 Å². The van der Waals surface area contributed by atoms with Crippen LogP contribution in [0.5, 0.6) is 0 Å². The molecule has 0 radical (unpaired) electrons. The van der Waals surface area contributed by atoms with Gasteiger partial charge in [-0.05, 0) is 18.6 Å². The van der Waals surface area contributed by atoms with Crippen LogP contribution < -0.4 is 0 Å². The van der Waals surface area contributed by atoms with Crippen molar-refractivity contribution in [2.45, 2.75) is 13.0 Å². The van der Waals surface area contributed by atoms with Crippen LogP contribution in [0.2, 0.25) is 0 Å². The Morgan fingerprint density at radius 3 is 2.34 bits per heavy atom. The molecule has 4 rings (SSSR count). The van der Waals surface area contributed by atoms with Gasteiger partial charge in [-0.2, -0.15) is 0 Å². The van der Waals surface area contributed by atoms with Crippen LogP contribution in [0.25, 0.3) is 17.0 Å². The molecule has 1 aromatic heterocycles. The third kappa shape index (κ3) is 4.45. The van der Waals surface area contributed by atoms with Crippen LogP contribution in [0.3, 0.4) is 0 Å². The molecule has 1 N–H and O–H groups in total. The highest BCUT2D eigenvalue weighted by molar-refractivity contribution is 5.85. The van der Waals surface area contributed by atoms with Crippen molar-refractivity contribution < 1.29 is 5.11 Å². The molecule has 4 heteroatoms. The number of para-hydroxylation sites is 1. The standard InChI is InChI=1S/C25H31N3O/c1-20-25(22-12-6-7-13-23(22)26(20)2)24(29)19-28-17-15-27(16-18-28)14-8-11-21-9-4-3-5-10-21/h3-13,24,29H,14-19H2,1-2H3/b11-8+/t24-/m1/s1. The number of rotatable bonds is 6. The third-order valence-electron chi connectivity index (χ3n) is 6.15. The Kier molecular flexibility index (Phi) is 6.14. The Balaban J connectivity index is 1.32. The summed E-state index contributed by atoms with van der Waals surface area (Å²) in [5.74, 6) is 0. The van der Waals surface area contributed by atoms with E-state index >= 15 is 0 Å². The van der Waals surface area contributed by atoms with Crippen LogP contribution in [0.15, 0.2) is 60.7 Å². The first-order valence-corrected chi connectivity index (χ1v) is 10.5. The molecule has 0 saturated carbocycles. The first-order valence-electron chi connectivity index (χ1n) is 10.5. The van der Waals surface area contributed by atoms with Crippen LogP contribution in [-0.4, -0.2) is 58.7 Å². The molecule has 1 atom stereocenters. The van der Waals surface area contributed by atoms with Crippen LogP contribution in [0.4, 0.5) is 0 Å². The molecular weight excluding hydrogens is 358 g/mol. The van der Waals surface area contributed by atoms with Crippen molar-refractivity contribution in [3.05, 3.63) is 77.5 Å². The maximum Gasteiger partial charge on any atom is 0.0940 e. The minimum atomic E-state index is -0.453. The van der Waals surface area contributed by atoms with Gasteiger partial charge in [0.15, 0.2) is 0 Å². The molecule has 0 unspecified atom stereocenters. The van der Waals surface area contributed by atoms with E-state index in [1.54, 1.807) is 0 Å². The lowest BCUT2D eigenvalue weighted by Gasteiger charge is -2.35. The van der Waals surface area contributed by atoms with Crippen molar-refractivity contribution in [3.8, 4) is 0 Å². The number of aliphatic hydroxyl groups excluding tert-OH is 1. The minimum absolute atomic E-state index is 0.453. The van der Waals surface area contributed by atoms with Gasteiger partial charge in [0.2, 0.25) is 0 Å². The summed E-state index contributed by atoms with van der Waals surface area (Å²) < 4.78 is 2.19. The minimum Gasteiger partial charge on any atom is -0.387 e. The molecule has 1 aliphatic heterocycles. The summed E-state index contributed by atoms with van der Waals surface area (Å²) in [7, 11) is 2.08. The zero-order valence-corrected chi connectivity index (χ0v) is 17.5. The molecule has 29 heavy (non-hydrogen) atoms. The average molecular weight is 390 g/mol. The first-order chi connectivity index (χ1) is 14.1. The fraction of sp³-hybridized carbons (Fsp3) is 0.360. The highest BCUT2D eigenvalue weighted by atomic mass is 16.3. The Labute approximate surface area is 173 Å². The second-order valence-electron chi connectivity index (χ2n) is 8.01. The van der Waals surface area contributed by atoms with Crippen LogP contribution in [0, 0.1) is 6.92 Å². The predicted octanol–water partition coefficient (Wildman–Crippen LogP) is 3.85. The zero-order chi connectivity index (χ0) is 20.2. The zero-order valence-electron chi connectivity index (χ0n) is 17.5. The van der Waals surface area contributed by atoms with Gasteiger partial charge in [0.25, 0.3) is 0 Å². The molecule has 0 spiro atoms. The number of hydrogen-bond donors (Lipinski definition) is 1. The van der Waals surface area contributed by atoms with Gasteiger partial charge in [0, 0.05) is 68.5 Å². The van der Waals surface area contributed by atoms with Crippen LogP contribution >= 0.6 is 0 Å². The van der Waals surface area contributed by atoms with Crippen molar-refractivity contribution in [3.63, 3.8) is 0 Å². The monoisotopic (exact) mass is 389 g/mol. The molecule has 1 saturated heterocycles. The van der Waals surface area contributed by atoms with E-state index in [1.165, 1.54) is 16.5 Å². The fourth-order valence-corrected chi connectivity index (χ4v) is 4.36. The number of nitrogens with zero attached hydrogens (tertiary/aromatic N) is 3. The molecule has 0 aliphatic carbocycles. The van der Waals surface area contributed by atoms with Gasteiger partial charge < -0.3 is 9.67 Å². The van der Waals surface area contributed by atoms with Gasteiger partial charge in [0.05, 0.1) is 6.10 Å². The van der Waals surface area contributed by atoms with E-state index in [4.69, 9.17) is 0 Å². The van der Waals surface area contributed by atoms with Gasteiger partial charge in [-0.3, -0.25) is 9.80 Å². The summed E-state index contributed by atoms with van der Waals surface area (Å²) >= 11 is 0. The lowest BCUT2D eigenvalue weighted by atomic mass is 10.0. The number of benzene rings is 2. The van der Waals surface area contributed by atoms with E-state index < -0.39 is 6.10 Å². The number of aryl methyl sites for hydroxylation is 1. The van der Waals surface area contributed by atoms with Gasteiger partial charge in [-0.1, -0.05) is 60.7 Å². The summed E-state index contributed by atoms with van der Waals surface area (Å²) in [4.78, 5) is 4.87. The second kappa shape index (κ2) is 8.95. The van der Waals surface area contributed by atoms with Crippen molar-refractivity contribution in [1.29, 1.82) is 0 Å². The largest absolute Gasteiger partial charge is 0.387 e. The van der Waals surface area contributed by atoms with E-state index in [1.807, 2.05) is 6.07 Å². The molecular formula is C25H31N3O. The number of hydrogen-bond acceptors (Lipinski definition) is 3. The Morgan fingerprint density at radius 2 is 1.59 bits per heavy atom. The molecule has 152 valence electrons. The molecule has 4 nitrogen and oxygen atoms in total. The normalized spacial score (nSPS) is 17.3. The van der Waals surface area contributed by atoms with E-state index in [2.05, 4.69) is 89.0 Å². The molecule has 0 bridgehead atoms. The summed E-state index contributed by atoms with van der Waals surface area (Å²) in [6.45, 7) is 7.87. The molecule has 0 amide bonds. The highest BCUT2D eigenvalue weighted by Crippen LogP contribution is 2.30. The van der Waals surface area contributed by atoms with Crippen LogP contribution in [-0.2, 0) is 7.05 Å². The average Bonchev–Trinajstić information content (AvgIpc) is 3.01. The summed E-state index contributed by atoms with van der Waals surface area (Å²) in [5.41, 5.74) is 4.67. The predicted molar refractivity (Wildman–Crippen MR) is 121 cm³/mol. The highest BCUT2D eigenvalue weighted by Gasteiger charge is 2.23. The lowest BCUT2D eigenvalue weighted by Crippen LogP contribution is -2.47. The Hall–Kier alpha value is -2.40. The molecule has 3 aromatic rings. The van der Waals surface area contributed by atoms with Crippen molar-refractivity contribution >= 4 is 17.0 Å². The van der Waals surface area contributed by atoms with Crippen molar-refractivity contribution in [2.75, 3.05) is 39.3 Å². The first kappa shape index (κ1) is 19.9. The SMILES string of the molecule is Cc1c([C@H](O)CN2CCN(C/C=C/c3ccccc3)CC2)c2ccccc2n1C. The van der Waals surface area contributed by atoms with E-state index in [0.29, 0.717) is 6.54 Å². The second-order valence-corrected chi connectivity index (χ2v) is 8.01. The summed E-state index contributed by atoms with van der Waals surface area (Å²) in [5, 5.41) is 12.2. The van der Waals surface area contributed by atoms with E-state index in [9.17, 15) is 5.11 Å². The smallest absolute Gasteiger partial charge is 0.0940 e. The number of piperazine rings is 1. The maximum absolute atomic E-state index is 11.0. The van der Waals surface area contributed by atoms with Crippen LogP contribution in [0.1, 0.15) is 22.9 Å². The van der Waals surface area contributed by atoms with Gasteiger partial charge in [0.1, 0.15) is 0 Å². The maximum atomic E-state index is 11.0. The lowest BCUT2D eigenvalue weighted by molar-refractivity contribution is 0.0767. The Morgan fingerprint density at radius 1 is 0.931 bits per heavy atom. The quantitative estimate of drug-likeness (QED) is 0.695.